The number of hydrogen-bond acceptors (Lipinski definition) is 2. The molecule has 1 rings (SSSR count). The van der Waals surface area contributed by atoms with Crippen molar-refractivity contribution in [2.45, 2.75) is 40.8 Å². The van der Waals surface area contributed by atoms with Gasteiger partial charge in [-0.1, -0.05) is 46.4 Å². The zero-order valence-electron chi connectivity index (χ0n) is 14.4. The van der Waals surface area contributed by atoms with Crippen LogP contribution in [0.4, 0.5) is 0 Å². The molecule has 0 spiro atoms. The fourth-order valence-electron chi connectivity index (χ4n) is 1.16. The van der Waals surface area contributed by atoms with Gasteiger partial charge in [0.2, 0.25) is 0 Å². The third kappa shape index (κ3) is 26.4. The maximum absolute atomic E-state index is 9.11. The van der Waals surface area contributed by atoms with Gasteiger partial charge in [0.05, 0.1) is 0 Å². The van der Waals surface area contributed by atoms with Crippen LogP contribution in [0.1, 0.15) is 27.7 Å². The quantitative estimate of drug-likeness (QED) is 0.454. The third-order valence-electron chi connectivity index (χ3n) is 2.24. The van der Waals surface area contributed by atoms with Crippen LogP contribution in [0.3, 0.4) is 0 Å². The monoisotopic (exact) mass is 448 g/mol. The molecule has 1 N–H and O–H groups in total. The Morgan fingerprint density at radius 3 is 1.62 bits per heavy atom. The fraction of sp³-hybridized carbons (Fsp3) is 0.571. The molecule has 0 heterocycles. The standard InChI is InChI=1S/C9H13.C2H5O.C2H7Si.CH3.2ClH.O.H2Si.Zr/c1-6-5-7(2)9(4)8(6)3;1-2-3;1-3-2;;;;;;/h6H,1-4H3;3H,1-2H2;3H,1-2H3;1H3;2*1H;;1H2;/q2*-1;;-1;;;;;. The molecule has 7 heteroatoms. The number of halogens is 2. The predicted octanol–water partition coefficient (Wildman–Crippen LogP) is 3.31. The van der Waals surface area contributed by atoms with Gasteiger partial charge in [-0.15, -0.1) is 31.7 Å². The molecule has 129 valence electrons. The van der Waals surface area contributed by atoms with Crippen molar-refractivity contribution in [2.75, 3.05) is 6.61 Å². The number of allylic oxidation sites excluding steroid dienone is 4. The molecule has 0 saturated carbocycles. The molecule has 0 aromatic rings. The Labute approximate surface area is 160 Å². The van der Waals surface area contributed by atoms with Gasteiger partial charge in [-0.25, -0.2) is 5.57 Å². The molecular weight excluding hydrogens is 418 g/mol. The first-order chi connectivity index (χ1) is 8.37. The zero-order chi connectivity index (χ0) is 15.1. The number of rotatable bonds is 0. The second kappa shape index (κ2) is 29.2. The molecule has 1 aliphatic carbocycles. The van der Waals surface area contributed by atoms with Crippen molar-refractivity contribution in [1.29, 1.82) is 0 Å². The SMILES string of the molecule is CC1=[C-]C(C)C(C)=C1C.C[SiH]C.Cl.Cl.[CH2-]CO.[CH3-].[O]=[Zr]=[SiH2]. The van der Waals surface area contributed by atoms with E-state index in [4.69, 9.17) is 7.92 Å². The van der Waals surface area contributed by atoms with Crippen molar-refractivity contribution < 1.29 is 29.8 Å². The summed E-state index contributed by atoms with van der Waals surface area (Å²) in [6, 6.07) is 0. The van der Waals surface area contributed by atoms with Crippen LogP contribution in [0.15, 0.2) is 16.7 Å². The third-order valence-corrected chi connectivity index (χ3v) is 2.24. The van der Waals surface area contributed by atoms with E-state index in [0.29, 0.717) is 5.92 Å². The number of hydrogen-bond donors (Lipinski definition) is 1. The molecule has 1 atom stereocenters. The first-order valence-electron chi connectivity index (χ1n) is 5.93. The summed E-state index contributed by atoms with van der Waals surface area (Å²) in [6.45, 7) is 17.7. The topological polar surface area (TPSA) is 37.3 Å². The molecule has 1 aliphatic rings. The van der Waals surface area contributed by atoms with E-state index >= 15 is 0 Å². The van der Waals surface area contributed by atoms with Crippen LogP contribution in [-0.2, 0) is 24.7 Å². The average Bonchev–Trinajstić information content (AvgIpc) is 2.49. The molecule has 1 radical (unpaired) electrons. The van der Waals surface area contributed by atoms with E-state index in [2.05, 4.69) is 53.8 Å². The van der Waals surface area contributed by atoms with Gasteiger partial charge in [0, 0.05) is 9.52 Å². The van der Waals surface area contributed by atoms with Crippen LogP contribution >= 0.6 is 24.8 Å². The molecule has 0 bridgehead atoms. The molecule has 0 fully saturated rings. The Kier molecular flexibility index (Phi) is 52.8. The van der Waals surface area contributed by atoms with E-state index in [1.165, 1.54) is 16.7 Å². The summed E-state index contributed by atoms with van der Waals surface area (Å²) in [7, 11) is 0.750. The summed E-state index contributed by atoms with van der Waals surface area (Å²) in [5.41, 5.74) is 4.25. The summed E-state index contributed by atoms with van der Waals surface area (Å²) < 4.78 is 9.11. The minimum atomic E-state index is -0.992. The van der Waals surface area contributed by atoms with Crippen LogP contribution in [0.5, 0.6) is 0 Å². The van der Waals surface area contributed by atoms with Crippen LogP contribution < -0.4 is 0 Å². The number of aliphatic hydroxyl groups excluding tert-OH is 1. The van der Waals surface area contributed by atoms with Gasteiger partial charge < -0.3 is 19.5 Å². The van der Waals surface area contributed by atoms with Crippen LogP contribution in [0.2, 0.25) is 13.1 Å². The molecule has 0 aliphatic heterocycles. The molecular formula is C14H32Cl2O2Si2Zr-3. The van der Waals surface area contributed by atoms with Gasteiger partial charge in [-0.3, -0.25) is 6.08 Å². The Morgan fingerprint density at radius 2 is 1.57 bits per heavy atom. The predicted molar refractivity (Wildman–Crippen MR) is 101 cm³/mol. The average molecular weight is 451 g/mol. The minimum absolute atomic E-state index is 0. The van der Waals surface area contributed by atoms with Crippen LogP contribution in [0, 0.1) is 26.3 Å². The van der Waals surface area contributed by atoms with Crippen molar-refractivity contribution in [2.24, 2.45) is 5.92 Å². The summed E-state index contributed by atoms with van der Waals surface area (Å²) in [5, 5.41) is 7.46. The number of aliphatic hydroxyl groups is 1. The van der Waals surface area contributed by atoms with Gasteiger partial charge in [0.25, 0.3) is 0 Å². The first-order valence-corrected chi connectivity index (χ1v) is 15.2. The van der Waals surface area contributed by atoms with Gasteiger partial charge in [-0.2, -0.15) is 11.1 Å². The van der Waals surface area contributed by atoms with Crippen molar-refractivity contribution in [3.05, 3.63) is 37.1 Å². The van der Waals surface area contributed by atoms with Gasteiger partial charge in [0.15, 0.2) is 0 Å². The molecule has 0 aromatic heterocycles. The van der Waals surface area contributed by atoms with Gasteiger partial charge >= 0.3 is 31.5 Å². The van der Waals surface area contributed by atoms with E-state index in [-0.39, 0.29) is 38.8 Å². The fourth-order valence-corrected chi connectivity index (χ4v) is 1.16. The van der Waals surface area contributed by atoms with Gasteiger partial charge in [-0.05, 0) is 0 Å². The maximum atomic E-state index is 9.11. The molecule has 21 heavy (non-hydrogen) atoms. The van der Waals surface area contributed by atoms with Crippen molar-refractivity contribution in [1.82, 2.24) is 0 Å². The Hall–Kier alpha value is 1.14. The van der Waals surface area contributed by atoms with E-state index in [1.54, 1.807) is 6.88 Å². The van der Waals surface area contributed by atoms with E-state index in [0.717, 1.165) is 9.52 Å². The normalized spacial score (nSPS) is 13.7. The second-order valence-corrected chi connectivity index (χ2v) is 7.32. The summed E-state index contributed by atoms with van der Waals surface area (Å²) >= 11 is -0.992. The van der Waals surface area contributed by atoms with Crippen molar-refractivity contribution >= 4 is 41.2 Å². The Morgan fingerprint density at radius 1 is 1.33 bits per heavy atom. The van der Waals surface area contributed by atoms with Crippen LogP contribution in [0.25, 0.3) is 0 Å². The van der Waals surface area contributed by atoms with E-state index in [9.17, 15) is 0 Å². The van der Waals surface area contributed by atoms with E-state index < -0.39 is 21.9 Å². The summed E-state index contributed by atoms with van der Waals surface area (Å²) in [4.78, 5) is 0. The summed E-state index contributed by atoms with van der Waals surface area (Å²) in [5.74, 6) is 0.560. The van der Waals surface area contributed by atoms with Crippen LogP contribution in [-0.4, -0.2) is 28.1 Å². The van der Waals surface area contributed by atoms with E-state index in [1.807, 2.05) is 0 Å². The summed E-state index contributed by atoms with van der Waals surface area (Å²) in [6.07, 6.45) is 3.36. The Balaban J connectivity index is -0.0000000406. The second-order valence-electron chi connectivity index (χ2n) is 3.74. The first kappa shape index (κ1) is 38.0. The van der Waals surface area contributed by atoms with Gasteiger partial charge in [0.1, 0.15) is 0 Å². The molecule has 0 amide bonds. The molecule has 1 unspecified atom stereocenters. The molecule has 2 nitrogen and oxygen atoms in total. The van der Waals surface area contributed by atoms with Crippen molar-refractivity contribution in [3.8, 4) is 0 Å². The Bertz CT molecular complexity index is 301. The zero-order valence-corrected chi connectivity index (χ0v) is 21.1. The van der Waals surface area contributed by atoms with Crippen molar-refractivity contribution in [3.63, 3.8) is 0 Å². The molecule has 0 aromatic carbocycles. The molecule has 0 saturated heterocycles.